The Balaban J connectivity index is 0.979. The number of fused-ring (bicyclic) bond motifs is 4. The number of rotatable bonds is 21. The van der Waals surface area contributed by atoms with Gasteiger partial charge in [-0.1, -0.05) is 12.1 Å². The fourth-order valence-corrected chi connectivity index (χ4v) is 17.2. The summed E-state index contributed by atoms with van der Waals surface area (Å²) in [5.74, 6) is 0.674. The van der Waals surface area contributed by atoms with Gasteiger partial charge in [0.15, 0.2) is 0 Å². The van der Waals surface area contributed by atoms with Crippen LogP contribution >= 0.6 is 23.5 Å². The van der Waals surface area contributed by atoms with Gasteiger partial charge in [0.05, 0.1) is 116 Å². The summed E-state index contributed by atoms with van der Waals surface area (Å²) in [5.41, 5.74) is 4.79. The molecule has 0 saturated carbocycles. The number of β-amino-alcohol motifs (C(OH)–C–C–N with tert-alkyl or cyclic N) is 1. The van der Waals surface area contributed by atoms with Crippen molar-refractivity contribution in [2.75, 3.05) is 122 Å². The normalized spacial score (nSPS) is 20.3. The summed E-state index contributed by atoms with van der Waals surface area (Å²) < 4.78 is 160. The quantitative estimate of drug-likeness (QED) is 0.0558. The molecular weight excluding hydrogens is 1260 g/mol. The van der Waals surface area contributed by atoms with Crippen molar-refractivity contribution < 1.29 is 62.9 Å². The van der Waals surface area contributed by atoms with Crippen molar-refractivity contribution in [2.24, 2.45) is 0 Å². The second kappa shape index (κ2) is 26.8. The number of hydrogen-bond donors (Lipinski definition) is 4. The van der Waals surface area contributed by atoms with Gasteiger partial charge >= 0.3 is 12.4 Å². The first-order valence-corrected chi connectivity index (χ1v) is 35.8. The number of morpholine rings is 2. The summed E-state index contributed by atoms with van der Waals surface area (Å²) >= 11 is 2.13. The van der Waals surface area contributed by atoms with Crippen LogP contribution in [0, 0.1) is 0 Å². The van der Waals surface area contributed by atoms with E-state index < -0.39 is 67.8 Å². The monoisotopic (exact) mass is 1340 g/mol. The zero-order valence-corrected chi connectivity index (χ0v) is 53.2. The fourth-order valence-electron chi connectivity index (χ4n) is 13.4. The Kier molecular flexibility index (Phi) is 19.4. The Morgan fingerprint density at radius 1 is 0.622 bits per heavy atom. The lowest BCUT2D eigenvalue weighted by molar-refractivity contribution is -0.140. The number of nitrogens with zero attached hydrogens (tertiary/aromatic N) is 12. The van der Waals surface area contributed by atoms with Gasteiger partial charge in [-0.2, -0.15) is 50.2 Å². The standard InChI is InChI=1S/C58H74F6N14O8S4/c1-89(81,82)75-13-9-47-40(31-75)53(37-3-5-42(57(59,60)61)51(27-37)87-25-19-71-15-21-85-22-16-71)69-77(47)35-50(80)55(74-12-8-45-46(33-74)66-36-65-45)56(49(79)34-73-11-7-44-39(30-73)29-67-68-44)78-48-10-14-76(90(2,83)84)32-41(48)54(70-78)38-4-6-43(58(62,63)64)52(28-38)88-26-20-72-17-23-86-24-18-72/h3-6,27-29,36,49-50,55-56,79-80H,7-26,30-35H2,1-2H3,(H,65,66)(H,67,68). The predicted molar refractivity (Wildman–Crippen MR) is 324 cm³/mol. The van der Waals surface area contributed by atoms with Crippen molar-refractivity contribution in [3.05, 3.63) is 105 Å². The molecule has 4 N–H and O–H groups in total. The van der Waals surface area contributed by atoms with Gasteiger partial charge in [-0.25, -0.2) is 21.8 Å². The zero-order chi connectivity index (χ0) is 63.3. The number of aliphatic hydroxyl groups excluding tert-OH is 2. The average molecular weight is 1340 g/mol. The highest BCUT2D eigenvalue weighted by Gasteiger charge is 2.46. The zero-order valence-electron chi connectivity index (χ0n) is 49.9. The van der Waals surface area contributed by atoms with Gasteiger partial charge in [-0.05, 0) is 24.3 Å². The molecule has 0 radical (unpaired) electrons. The number of halogens is 6. The number of ether oxygens (including phenoxy) is 2. The van der Waals surface area contributed by atoms with Crippen LogP contribution in [0.25, 0.3) is 22.5 Å². The van der Waals surface area contributed by atoms with Crippen LogP contribution in [0.3, 0.4) is 0 Å². The Hall–Kier alpha value is -4.94. The summed E-state index contributed by atoms with van der Waals surface area (Å²) in [4.78, 5) is 16.1. The number of sulfonamides is 2. The van der Waals surface area contributed by atoms with Gasteiger partial charge in [-0.3, -0.25) is 34.1 Å². The molecule has 0 bridgehead atoms. The van der Waals surface area contributed by atoms with Crippen molar-refractivity contribution in [3.63, 3.8) is 0 Å². The molecule has 32 heteroatoms. The maximum atomic E-state index is 15.0. The maximum absolute atomic E-state index is 15.0. The topological polar surface area (TPSA) is 240 Å². The molecule has 10 heterocycles. The Morgan fingerprint density at radius 3 is 1.76 bits per heavy atom. The van der Waals surface area contributed by atoms with Gasteiger partial charge < -0.3 is 24.7 Å². The van der Waals surface area contributed by atoms with Crippen LogP contribution in [0.15, 0.2) is 58.7 Å². The number of imidazole rings is 1. The van der Waals surface area contributed by atoms with Crippen molar-refractivity contribution >= 4 is 43.6 Å². The second-order valence-corrected chi connectivity index (χ2v) is 30.2. The van der Waals surface area contributed by atoms with Crippen LogP contribution in [0.4, 0.5) is 26.3 Å². The molecule has 2 fully saturated rings. The number of nitrogens with one attached hydrogen (secondary N) is 2. The maximum Gasteiger partial charge on any atom is 0.417 e. The summed E-state index contributed by atoms with van der Waals surface area (Å²) in [6.45, 7) is 6.64. The van der Waals surface area contributed by atoms with Crippen LogP contribution in [-0.4, -0.2) is 236 Å². The molecule has 6 aliphatic rings. The second-order valence-electron chi connectivity index (χ2n) is 23.9. The summed E-state index contributed by atoms with van der Waals surface area (Å²) in [7, 11) is -7.64. The molecule has 4 atom stereocenters. The lowest BCUT2D eigenvalue weighted by atomic mass is 9.91. The SMILES string of the molecule is CS(=O)(=O)N1CCc2c(c(-c3ccc(C(F)(F)F)c(SCCN4CCOCC4)c3)nn2CC(O)C(C(C(O)CN2CCc3[nH]ncc3C2)n2nc(-c3ccc(C(F)(F)F)c(SCCN4CCOCC4)c3)c3c2CCN(S(C)(=O)=O)C3)N2CCc3nc[nH]c3C2)C1. The Bertz CT molecular complexity index is 3760. The predicted octanol–water partition coefficient (Wildman–Crippen LogP) is 4.83. The lowest BCUT2D eigenvalue weighted by Crippen LogP contribution is -2.57. The van der Waals surface area contributed by atoms with Gasteiger partial charge in [0.2, 0.25) is 20.0 Å². The van der Waals surface area contributed by atoms with E-state index in [2.05, 4.69) is 34.9 Å². The van der Waals surface area contributed by atoms with Crippen LogP contribution in [-0.2, 0) is 100 Å². The molecule has 6 aliphatic heterocycles. The number of aromatic nitrogens is 8. The molecule has 2 aromatic carbocycles. The third-order valence-electron chi connectivity index (χ3n) is 18.1. The molecule has 0 spiro atoms. The lowest BCUT2D eigenvalue weighted by Gasteiger charge is -2.44. The van der Waals surface area contributed by atoms with E-state index in [1.165, 1.54) is 32.9 Å². The summed E-state index contributed by atoms with van der Waals surface area (Å²) in [5, 5.41) is 44.7. The van der Waals surface area contributed by atoms with E-state index in [4.69, 9.17) is 19.7 Å². The third-order valence-corrected chi connectivity index (χ3v) is 22.6. The minimum atomic E-state index is -4.72. The van der Waals surface area contributed by atoms with Crippen LogP contribution < -0.4 is 0 Å². The molecular formula is C58H74F6N14O8S4. The van der Waals surface area contributed by atoms with Crippen LogP contribution in [0.1, 0.15) is 62.3 Å². The van der Waals surface area contributed by atoms with E-state index in [0.29, 0.717) is 138 Å². The minimum Gasteiger partial charge on any atom is -0.389 e. The van der Waals surface area contributed by atoms with Crippen molar-refractivity contribution in [2.45, 2.75) is 105 Å². The molecule has 4 unspecified atom stereocenters. The van der Waals surface area contributed by atoms with Crippen molar-refractivity contribution in [1.29, 1.82) is 0 Å². The highest BCUT2D eigenvalue weighted by molar-refractivity contribution is 7.99. The Morgan fingerprint density at radius 2 is 1.18 bits per heavy atom. The van der Waals surface area contributed by atoms with E-state index in [1.54, 1.807) is 21.9 Å². The van der Waals surface area contributed by atoms with Crippen molar-refractivity contribution in [3.8, 4) is 22.5 Å². The molecule has 12 rings (SSSR count). The van der Waals surface area contributed by atoms with Gasteiger partial charge in [0.25, 0.3) is 0 Å². The molecule has 0 amide bonds. The van der Waals surface area contributed by atoms with E-state index in [9.17, 15) is 53.4 Å². The third kappa shape index (κ3) is 14.4. The van der Waals surface area contributed by atoms with E-state index in [0.717, 1.165) is 70.8 Å². The van der Waals surface area contributed by atoms with E-state index in [1.807, 2.05) is 4.90 Å². The van der Waals surface area contributed by atoms with Gasteiger partial charge in [0.1, 0.15) is 0 Å². The number of alkyl halides is 6. The summed E-state index contributed by atoms with van der Waals surface area (Å²) in [6, 6.07) is 5.34. The van der Waals surface area contributed by atoms with Gasteiger partial charge in [-0.15, -0.1) is 23.5 Å². The molecule has 0 aliphatic carbocycles. The molecule has 22 nitrogen and oxygen atoms in total. The first kappa shape index (κ1) is 65.1. The number of thioether (sulfide) groups is 2. The first-order valence-electron chi connectivity index (χ1n) is 30.2. The number of aromatic amines is 2. The van der Waals surface area contributed by atoms with Gasteiger partial charge in [0, 0.05) is 190 Å². The molecule has 2 saturated heterocycles. The largest absolute Gasteiger partial charge is 0.417 e. The first-order chi connectivity index (χ1) is 42.9. The number of hydrogen-bond acceptors (Lipinski definition) is 18. The highest BCUT2D eigenvalue weighted by atomic mass is 32.2. The van der Waals surface area contributed by atoms with E-state index >= 15 is 0 Å². The number of H-pyrrole nitrogens is 2. The van der Waals surface area contributed by atoms with Crippen LogP contribution in [0.5, 0.6) is 0 Å². The van der Waals surface area contributed by atoms with E-state index in [-0.39, 0.29) is 85.4 Å². The molecule has 4 aromatic heterocycles. The number of aliphatic hydroxyl groups is 2. The summed E-state index contributed by atoms with van der Waals surface area (Å²) in [6.07, 6.45) is -5.53. The average Bonchev–Trinajstić information content (AvgIpc) is 1.95. The van der Waals surface area contributed by atoms with Crippen LogP contribution in [0.2, 0.25) is 0 Å². The highest BCUT2D eigenvalue weighted by Crippen LogP contribution is 2.44. The fraction of sp³-hybridized carbons (Fsp3) is 0.586. The van der Waals surface area contributed by atoms with Crippen molar-refractivity contribution in [1.82, 2.24) is 67.9 Å². The Labute approximate surface area is 526 Å². The smallest absolute Gasteiger partial charge is 0.389 e. The molecule has 490 valence electrons. The number of benzene rings is 2. The minimum absolute atomic E-state index is 0.00398. The molecule has 90 heavy (non-hydrogen) atoms. The molecule has 6 aromatic rings.